The number of anilines is 4. The topological polar surface area (TPSA) is 57.2 Å². The third kappa shape index (κ3) is 3.88. The third-order valence-electron chi connectivity index (χ3n) is 4.17. The van der Waals surface area contributed by atoms with Gasteiger partial charge in [-0.05, 0) is 43.0 Å². The van der Waals surface area contributed by atoms with Crippen molar-refractivity contribution in [3.63, 3.8) is 0 Å². The summed E-state index contributed by atoms with van der Waals surface area (Å²) in [5.41, 5.74) is 2.12. The lowest BCUT2D eigenvalue weighted by Crippen LogP contribution is -2.35. The fraction of sp³-hybridized carbons (Fsp3) is 0.471. The lowest BCUT2D eigenvalue weighted by Gasteiger charge is -2.31. The van der Waals surface area contributed by atoms with Gasteiger partial charge in [-0.1, -0.05) is 6.92 Å². The predicted molar refractivity (Wildman–Crippen MR) is 94.5 cm³/mol. The standard InChI is InChI=1S/C17H24N6/c1-13-5-4-10-23(12-13)16-11-18-21-17(20-16)19-14-6-8-15(9-7-14)22(2)3/h6-9,11,13H,4-5,10,12H2,1-3H3,(H,19,20,21). The van der Waals surface area contributed by atoms with Gasteiger partial charge in [0, 0.05) is 38.6 Å². The van der Waals surface area contributed by atoms with Gasteiger partial charge < -0.3 is 15.1 Å². The van der Waals surface area contributed by atoms with Gasteiger partial charge in [0.2, 0.25) is 5.95 Å². The molecule has 0 spiro atoms. The molecule has 6 heteroatoms. The Morgan fingerprint density at radius 2 is 2.00 bits per heavy atom. The van der Waals surface area contributed by atoms with Gasteiger partial charge in [0.15, 0.2) is 5.82 Å². The summed E-state index contributed by atoms with van der Waals surface area (Å²) in [5, 5.41) is 11.4. The van der Waals surface area contributed by atoms with Crippen LogP contribution < -0.4 is 15.1 Å². The number of nitrogens with zero attached hydrogens (tertiary/aromatic N) is 5. The van der Waals surface area contributed by atoms with Crippen molar-refractivity contribution in [3.8, 4) is 0 Å². The summed E-state index contributed by atoms with van der Waals surface area (Å²) < 4.78 is 0. The van der Waals surface area contributed by atoms with E-state index in [2.05, 4.69) is 49.4 Å². The zero-order valence-electron chi connectivity index (χ0n) is 14.0. The minimum absolute atomic E-state index is 0.540. The van der Waals surface area contributed by atoms with E-state index in [4.69, 9.17) is 0 Å². The van der Waals surface area contributed by atoms with E-state index in [0.717, 1.165) is 30.3 Å². The van der Waals surface area contributed by atoms with Gasteiger partial charge in [0.05, 0.1) is 6.20 Å². The van der Waals surface area contributed by atoms with Gasteiger partial charge in [0.25, 0.3) is 0 Å². The van der Waals surface area contributed by atoms with E-state index in [1.165, 1.54) is 12.8 Å². The number of benzene rings is 1. The van der Waals surface area contributed by atoms with Crippen molar-refractivity contribution in [2.45, 2.75) is 19.8 Å². The van der Waals surface area contributed by atoms with Gasteiger partial charge >= 0.3 is 0 Å². The highest BCUT2D eigenvalue weighted by atomic mass is 15.3. The molecule has 2 aromatic rings. The Labute approximate surface area is 137 Å². The Morgan fingerprint density at radius 3 is 2.70 bits per heavy atom. The maximum absolute atomic E-state index is 4.61. The maximum atomic E-state index is 4.61. The predicted octanol–water partition coefficient (Wildman–Crippen LogP) is 2.92. The molecular weight excluding hydrogens is 288 g/mol. The van der Waals surface area contributed by atoms with Crippen molar-refractivity contribution in [1.29, 1.82) is 0 Å². The Kier molecular flexibility index (Phi) is 4.60. The van der Waals surface area contributed by atoms with E-state index in [-0.39, 0.29) is 0 Å². The summed E-state index contributed by atoms with van der Waals surface area (Å²) in [4.78, 5) is 8.98. The molecule has 3 rings (SSSR count). The molecule has 0 radical (unpaired) electrons. The summed E-state index contributed by atoms with van der Waals surface area (Å²) in [5.74, 6) is 2.14. The Bertz CT molecular complexity index is 640. The third-order valence-corrected chi connectivity index (χ3v) is 4.17. The Balaban J connectivity index is 1.72. The van der Waals surface area contributed by atoms with E-state index in [9.17, 15) is 0 Å². The molecule has 23 heavy (non-hydrogen) atoms. The quantitative estimate of drug-likeness (QED) is 0.937. The average molecular weight is 312 g/mol. The van der Waals surface area contributed by atoms with Crippen LogP contribution in [0, 0.1) is 5.92 Å². The number of hydrogen-bond acceptors (Lipinski definition) is 6. The fourth-order valence-electron chi connectivity index (χ4n) is 2.87. The average Bonchev–Trinajstić information content (AvgIpc) is 2.56. The second kappa shape index (κ2) is 6.81. The molecule has 1 aromatic heterocycles. The van der Waals surface area contributed by atoms with Gasteiger partial charge in [-0.2, -0.15) is 10.1 Å². The molecule has 1 saturated heterocycles. The van der Waals surface area contributed by atoms with Crippen LogP contribution in [-0.4, -0.2) is 42.4 Å². The van der Waals surface area contributed by atoms with Gasteiger partial charge in [-0.25, -0.2) is 0 Å². The molecule has 0 aliphatic carbocycles. The summed E-state index contributed by atoms with van der Waals surface area (Å²) in [6, 6.07) is 8.17. The van der Waals surface area contributed by atoms with Crippen molar-refractivity contribution in [1.82, 2.24) is 15.2 Å². The molecule has 1 aliphatic heterocycles. The highest BCUT2D eigenvalue weighted by Crippen LogP contribution is 2.22. The van der Waals surface area contributed by atoms with Crippen molar-refractivity contribution < 1.29 is 0 Å². The largest absolute Gasteiger partial charge is 0.378 e. The number of hydrogen-bond donors (Lipinski definition) is 1. The lowest BCUT2D eigenvalue weighted by molar-refractivity contribution is 0.444. The van der Waals surface area contributed by atoms with E-state index in [0.29, 0.717) is 11.9 Å². The molecule has 1 fully saturated rings. The van der Waals surface area contributed by atoms with Crippen molar-refractivity contribution in [3.05, 3.63) is 30.5 Å². The first-order chi connectivity index (χ1) is 11.1. The SMILES string of the molecule is CC1CCCN(c2cnnc(Nc3ccc(N(C)C)cc3)n2)C1. The van der Waals surface area contributed by atoms with E-state index in [1.807, 2.05) is 26.2 Å². The van der Waals surface area contributed by atoms with Gasteiger partial charge in [0.1, 0.15) is 0 Å². The van der Waals surface area contributed by atoms with Crippen LogP contribution >= 0.6 is 0 Å². The first kappa shape index (κ1) is 15.5. The van der Waals surface area contributed by atoms with Crippen molar-refractivity contribution in [2.75, 3.05) is 42.3 Å². The number of rotatable bonds is 4. The smallest absolute Gasteiger partial charge is 0.249 e. The molecule has 0 bridgehead atoms. The first-order valence-electron chi connectivity index (χ1n) is 8.11. The van der Waals surface area contributed by atoms with Crippen LogP contribution in [0.5, 0.6) is 0 Å². The number of piperidine rings is 1. The molecule has 122 valence electrons. The summed E-state index contributed by atoms with van der Waals surface area (Å²) in [6.45, 7) is 4.36. The molecule has 1 N–H and O–H groups in total. The summed E-state index contributed by atoms with van der Waals surface area (Å²) in [6.07, 6.45) is 4.25. The Morgan fingerprint density at radius 1 is 1.22 bits per heavy atom. The monoisotopic (exact) mass is 312 g/mol. The normalized spacial score (nSPS) is 17.9. The highest BCUT2D eigenvalue weighted by Gasteiger charge is 2.18. The fourth-order valence-corrected chi connectivity index (χ4v) is 2.87. The second-order valence-electron chi connectivity index (χ2n) is 6.40. The summed E-state index contributed by atoms with van der Waals surface area (Å²) >= 11 is 0. The van der Waals surface area contributed by atoms with Crippen molar-refractivity contribution in [2.24, 2.45) is 5.92 Å². The molecule has 1 atom stereocenters. The zero-order valence-corrected chi connectivity index (χ0v) is 14.0. The minimum Gasteiger partial charge on any atom is -0.378 e. The molecule has 0 saturated carbocycles. The molecule has 1 aliphatic rings. The molecule has 6 nitrogen and oxygen atoms in total. The van der Waals surface area contributed by atoms with Crippen LogP contribution in [0.1, 0.15) is 19.8 Å². The maximum Gasteiger partial charge on any atom is 0.249 e. The molecule has 1 unspecified atom stereocenters. The van der Waals surface area contributed by atoms with Gasteiger partial charge in [-0.15, -0.1) is 5.10 Å². The molecule has 2 heterocycles. The van der Waals surface area contributed by atoms with Crippen LogP contribution in [0.25, 0.3) is 0 Å². The highest BCUT2D eigenvalue weighted by molar-refractivity contribution is 5.59. The van der Waals surface area contributed by atoms with E-state index < -0.39 is 0 Å². The lowest BCUT2D eigenvalue weighted by atomic mass is 10.0. The Hall–Kier alpha value is -2.37. The van der Waals surface area contributed by atoms with Gasteiger partial charge in [-0.3, -0.25) is 0 Å². The summed E-state index contributed by atoms with van der Waals surface area (Å²) in [7, 11) is 4.05. The van der Waals surface area contributed by atoms with Crippen LogP contribution in [0.2, 0.25) is 0 Å². The van der Waals surface area contributed by atoms with Crippen LogP contribution in [-0.2, 0) is 0 Å². The number of aromatic nitrogens is 3. The van der Waals surface area contributed by atoms with Crippen LogP contribution in [0.4, 0.5) is 23.1 Å². The molecule has 1 aromatic carbocycles. The number of nitrogens with one attached hydrogen (secondary N) is 1. The molecule has 0 amide bonds. The first-order valence-corrected chi connectivity index (χ1v) is 8.11. The van der Waals surface area contributed by atoms with Crippen molar-refractivity contribution >= 4 is 23.1 Å². The second-order valence-corrected chi connectivity index (χ2v) is 6.40. The van der Waals surface area contributed by atoms with Crippen LogP contribution in [0.15, 0.2) is 30.5 Å². The van der Waals surface area contributed by atoms with Crippen LogP contribution in [0.3, 0.4) is 0 Å². The van der Waals surface area contributed by atoms with E-state index in [1.54, 1.807) is 6.20 Å². The van der Waals surface area contributed by atoms with E-state index >= 15 is 0 Å². The zero-order chi connectivity index (χ0) is 16.2. The minimum atomic E-state index is 0.540. The molecular formula is C17H24N6.